The molecule has 4 heterocycles. The van der Waals surface area contributed by atoms with E-state index in [1.807, 2.05) is 51.8 Å². The fourth-order valence-electron chi connectivity index (χ4n) is 4.24. The molecule has 5 rings (SSSR count). The van der Waals surface area contributed by atoms with E-state index in [1.54, 1.807) is 0 Å². The van der Waals surface area contributed by atoms with E-state index in [0.29, 0.717) is 6.73 Å². The lowest BCUT2D eigenvalue weighted by atomic mass is 10.1. The average Bonchev–Trinajstić information content (AvgIpc) is 3.49. The van der Waals surface area contributed by atoms with Crippen LogP contribution in [0, 0.1) is 0 Å². The summed E-state index contributed by atoms with van der Waals surface area (Å²) in [7, 11) is -0.587. The molecular weight excluding hydrogens is 456 g/mol. The van der Waals surface area contributed by atoms with E-state index >= 15 is 0 Å². The predicted octanol–water partition coefficient (Wildman–Crippen LogP) is 3.86. The van der Waals surface area contributed by atoms with E-state index in [2.05, 4.69) is 46.7 Å². The Hall–Kier alpha value is -2.98. The Labute approximate surface area is 208 Å². The molecule has 1 saturated heterocycles. The number of ether oxygens (including phenoxy) is 2. The van der Waals surface area contributed by atoms with Crippen LogP contribution in [0.1, 0.15) is 5.69 Å². The summed E-state index contributed by atoms with van der Waals surface area (Å²) in [6, 6.07) is 15.3. The van der Waals surface area contributed by atoms with Crippen molar-refractivity contribution in [3.63, 3.8) is 0 Å². The quantitative estimate of drug-likeness (QED) is 0.269. The monoisotopic (exact) mass is 490 g/mol. The van der Waals surface area contributed by atoms with Gasteiger partial charge in [-0.2, -0.15) is 5.10 Å². The Morgan fingerprint density at radius 1 is 0.971 bits per heavy atom. The molecular formula is C26H34N6O2Si. The summed E-state index contributed by atoms with van der Waals surface area (Å²) in [6.45, 7) is 11.0. The average molecular weight is 491 g/mol. The molecule has 1 aliphatic heterocycles. The van der Waals surface area contributed by atoms with Crippen LogP contribution >= 0.6 is 0 Å². The highest BCUT2D eigenvalue weighted by molar-refractivity contribution is 6.55. The second-order valence-electron chi connectivity index (χ2n) is 9.45. The van der Waals surface area contributed by atoms with E-state index in [4.69, 9.17) is 14.5 Å². The first kappa shape index (κ1) is 23.7. The van der Waals surface area contributed by atoms with Crippen molar-refractivity contribution in [1.82, 2.24) is 29.4 Å². The predicted molar refractivity (Wildman–Crippen MR) is 141 cm³/mol. The Balaban J connectivity index is 1.22. The number of fused-ring (bicyclic) bond motifs is 1. The van der Waals surface area contributed by atoms with Crippen LogP contribution in [0.2, 0.25) is 19.1 Å². The third kappa shape index (κ3) is 6.18. The lowest BCUT2D eigenvalue weighted by molar-refractivity contribution is 0.0801. The molecule has 35 heavy (non-hydrogen) atoms. The SMILES string of the molecule is C[SiH](C)CCOCn1nccc1-c1ccc(Oc2ccc3nc(CN4CCNCC4)cn3c2)cc1. The number of aromatic nitrogens is 4. The van der Waals surface area contributed by atoms with Crippen molar-refractivity contribution < 1.29 is 9.47 Å². The molecule has 1 aromatic carbocycles. The van der Waals surface area contributed by atoms with Crippen molar-refractivity contribution in [2.24, 2.45) is 0 Å². The van der Waals surface area contributed by atoms with Crippen LogP contribution in [0.3, 0.4) is 0 Å². The number of hydrogen-bond donors (Lipinski definition) is 1. The number of hydrogen-bond acceptors (Lipinski definition) is 6. The summed E-state index contributed by atoms with van der Waals surface area (Å²) in [5.41, 5.74) is 4.14. The number of rotatable bonds is 10. The first-order valence-corrected chi connectivity index (χ1v) is 15.6. The van der Waals surface area contributed by atoms with E-state index in [0.717, 1.165) is 73.4 Å². The van der Waals surface area contributed by atoms with Crippen LogP contribution in [0.4, 0.5) is 0 Å². The van der Waals surface area contributed by atoms with Gasteiger partial charge in [-0.25, -0.2) is 9.67 Å². The van der Waals surface area contributed by atoms with Crippen LogP contribution in [-0.2, 0) is 18.0 Å². The van der Waals surface area contributed by atoms with E-state index in [9.17, 15) is 0 Å². The Morgan fingerprint density at radius 3 is 2.57 bits per heavy atom. The zero-order valence-corrected chi connectivity index (χ0v) is 21.7. The number of nitrogens with zero attached hydrogens (tertiary/aromatic N) is 5. The third-order valence-corrected chi connectivity index (χ3v) is 7.61. The molecule has 0 bridgehead atoms. The van der Waals surface area contributed by atoms with Crippen molar-refractivity contribution >= 4 is 14.4 Å². The highest BCUT2D eigenvalue weighted by atomic mass is 28.3. The summed E-state index contributed by atoms with van der Waals surface area (Å²) < 4.78 is 15.9. The van der Waals surface area contributed by atoms with Gasteiger partial charge in [0.05, 0.1) is 17.6 Å². The molecule has 4 aromatic rings. The van der Waals surface area contributed by atoms with Gasteiger partial charge < -0.3 is 19.2 Å². The fourth-order valence-corrected chi connectivity index (χ4v) is 4.88. The van der Waals surface area contributed by atoms with Gasteiger partial charge in [0.25, 0.3) is 0 Å². The molecule has 3 aromatic heterocycles. The topological polar surface area (TPSA) is 68.8 Å². The zero-order chi connectivity index (χ0) is 24.0. The lowest BCUT2D eigenvalue weighted by Crippen LogP contribution is -2.42. The van der Waals surface area contributed by atoms with Crippen molar-refractivity contribution in [3.05, 3.63) is 66.7 Å². The molecule has 0 radical (unpaired) electrons. The summed E-state index contributed by atoms with van der Waals surface area (Å²) >= 11 is 0. The maximum Gasteiger partial charge on any atom is 0.144 e. The Bertz CT molecular complexity index is 1230. The second-order valence-corrected chi connectivity index (χ2v) is 12.8. The van der Waals surface area contributed by atoms with Crippen LogP contribution < -0.4 is 10.1 Å². The molecule has 184 valence electrons. The van der Waals surface area contributed by atoms with Gasteiger partial charge in [-0.1, -0.05) is 13.1 Å². The van der Waals surface area contributed by atoms with Gasteiger partial charge in [0.15, 0.2) is 0 Å². The summed E-state index contributed by atoms with van der Waals surface area (Å²) in [5, 5.41) is 7.82. The standard InChI is InChI=1S/C26H34N6O2Si/c1-35(2)16-15-33-20-32-25(9-10-28-32)21-3-5-23(6-4-21)34-24-7-8-26-29-22(18-31(26)19-24)17-30-13-11-27-12-14-30/h3-10,18-19,27,35H,11-17,20H2,1-2H3. The van der Waals surface area contributed by atoms with Gasteiger partial charge in [-0.15, -0.1) is 0 Å². The second kappa shape index (κ2) is 11.2. The number of imidazole rings is 1. The van der Waals surface area contributed by atoms with Gasteiger partial charge in [-0.3, -0.25) is 4.90 Å². The molecule has 0 spiro atoms. The van der Waals surface area contributed by atoms with Crippen molar-refractivity contribution in [2.75, 3.05) is 32.8 Å². The lowest BCUT2D eigenvalue weighted by Gasteiger charge is -2.26. The minimum Gasteiger partial charge on any atom is -0.456 e. The Morgan fingerprint density at radius 2 is 1.77 bits per heavy atom. The zero-order valence-electron chi connectivity index (χ0n) is 20.6. The number of pyridine rings is 1. The minimum atomic E-state index is -0.587. The number of benzene rings is 1. The molecule has 0 amide bonds. The van der Waals surface area contributed by atoms with Crippen LogP contribution in [0.5, 0.6) is 11.5 Å². The molecule has 1 fully saturated rings. The summed E-state index contributed by atoms with van der Waals surface area (Å²) in [5.74, 6) is 1.57. The summed E-state index contributed by atoms with van der Waals surface area (Å²) in [6.07, 6.45) is 5.90. The van der Waals surface area contributed by atoms with Gasteiger partial charge in [0.1, 0.15) is 23.9 Å². The van der Waals surface area contributed by atoms with Crippen molar-refractivity contribution in [3.8, 4) is 22.8 Å². The van der Waals surface area contributed by atoms with E-state index in [1.165, 1.54) is 6.04 Å². The molecule has 0 aliphatic carbocycles. The smallest absolute Gasteiger partial charge is 0.144 e. The fraction of sp³-hybridized carbons (Fsp3) is 0.385. The first-order valence-electron chi connectivity index (χ1n) is 12.4. The third-order valence-electron chi connectivity index (χ3n) is 6.22. The van der Waals surface area contributed by atoms with Gasteiger partial charge >= 0.3 is 0 Å². The molecule has 8 nitrogen and oxygen atoms in total. The molecule has 0 saturated carbocycles. The first-order chi connectivity index (χ1) is 17.1. The van der Waals surface area contributed by atoms with Gasteiger partial charge in [0, 0.05) is 66.1 Å². The van der Waals surface area contributed by atoms with Crippen LogP contribution in [0.25, 0.3) is 16.9 Å². The highest BCUT2D eigenvalue weighted by Gasteiger charge is 2.12. The van der Waals surface area contributed by atoms with Crippen molar-refractivity contribution in [2.45, 2.75) is 32.4 Å². The van der Waals surface area contributed by atoms with Gasteiger partial charge in [-0.05, 0) is 48.5 Å². The highest BCUT2D eigenvalue weighted by Crippen LogP contribution is 2.26. The molecule has 0 atom stereocenters. The van der Waals surface area contributed by atoms with E-state index < -0.39 is 8.80 Å². The largest absolute Gasteiger partial charge is 0.456 e. The molecule has 1 N–H and O–H groups in total. The van der Waals surface area contributed by atoms with Gasteiger partial charge in [0.2, 0.25) is 0 Å². The Kier molecular flexibility index (Phi) is 7.58. The molecule has 0 unspecified atom stereocenters. The maximum absolute atomic E-state index is 6.14. The van der Waals surface area contributed by atoms with Crippen molar-refractivity contribution in [1.29, 1.82) is 0 Å². The molecule has 9 heteroatoms. The number of nitrogens with one attached hydrogen (secondary N) is 1. The van der Waals surface area contributed by atoms with Crippen LogP contribution in [-0.4, -0.2) is 65.6 Å². The summed E-state index contributed by atoms with van der Waals surface area (Å²) in [4.78, 5) is 7.20. The van der Waals surface area contributed by atoms with Crippen LogP contribution in [0.15, 0.2) is 61.1 Å². The maximum atomic E-state index is 6.14. The minimum absolute atomic E-state index is 0.475. The molecule has 1 aliphatic rings. The normalized spacial score (nSPS) is 14.7. The number of piperazine rings is 1. The van der Waals surface area contributed by atoms with E-state index in [-0.39, 0.29) is 0 Å².